The van der Waals surface area contributed by atoms with Crippen LogP contribution in [0.5, 0.6) is 0 Å². The molecule has 4 amide bonds. The fraction of sp³-hybridized carbons (Fsp3) is 0.565. The quantitative estimate of drug-likeness (QED) is 0.507. The summed E-state index contributed by atoms with van der Waals surface area (Å²) in [4.78, 5) is 53.8. The van der Waals surface area contributed by atoms with Crippen LogP contribution in [0.1, 0.15) is 40.5 Å². The third-order valence-electron chi connectivity index (χ3n) is 5.31. The van der Waals surface area contributed by atoms with Crippen LogP contribution >= 0.6 is 0 Å². The second-order valence-electron chi connectivity index (χ2n) is 8.03. The van der Waals surface area contributed by atoms with Gasteiger partial charge >= 0.3 is 0 Å². The summed E-state index contributed by atoms with van der Waals surface area (Å²) in [6.45, 7) is 7.61. The minimum atomic E-state index is -0.797. The molecule has 0 bridgehead atoms. The van der Waals surface area contributed by atoms with Crippen LogP contribution in [-0.4, -0.2) is 72.2 Å². The summed E-state index contributed by atoms with van der Waals surface area (Å²) >= 11 is 0. The van der Waals surface area contributed by atoms with E-state index < -0.39 is 24.0 Å². The summed E-state index contributed by atoms with van der Waals surface area (Å²) in [5.41, 5.74) is 0. The number of likely N-dealkylation sites (N-methyl/N-ethyl adjacent to an activating group) is 2. The molecule has 0 aromatic carbocycles. The lowest BCUT2D eigenvalue weighted by Crippen LogP contribution is -2.59. The van der Waals surface area contributed by atoms with E-state index in [9.17, 15) is 19.2 Å². The zero-order chi connectivity index (χ0) is 23.6. The maximum absolute atomic E-state index is 13.2. The lowest BCUT2D eigenvalue weighted by Gasteiger charge is -2.37. The molecule has 1 heterocycles. The molecule has 0 saturated carbocycles. The molecule has 1 rings (SSSR count). The van der Waals surface area contributed by atoms with Gasteiger partial charge in [0.15, 0.2) is 0 Å². The van der Waals surface area contributed by atoms with Gasteiger partial charge in [-0.05, 0) is 32.6 Å². The van der Waals surface area contributed by atoms with Crippen LogP contribution in [0.3, 0.4) is 0 Å². The van der Waals surface area contributed by atoms with E-state index in [1.165, 1.54) is 15.9 Å². The van der Waals surface area contributed by atoms with Crippen molar-refractivity contribution in [2.45, 2.75) is 58.7 Å². The minimum Gasteiger partial charge on any atom is -0.354 e. The number of amides is 4. The third-order valence-corrected chi connectivity index (χ3v) is 5.31. The van der Waals surface area contributed by atoms with Crippen LogP contribution in [-0.2, 0) is 19.2 Å². The fourth-order valence-corrected chi connectivity index (χ4v) is 3.38. The number of allylic oxidation sites excluding steroid dienone is 5. The molecule has 0 radical (unpaired) electrons. The SMILES string of the molecule is CC=CC=CC=CC(=O)N[C@@H]1CCCNC(=O)[C@@H](C)N(C)C(=O)[C@H](C(C)C)N(C)C1=O. The van der Waals surface area contributed by atoms with Crippen LogP contribution in [0.15, 0.2) is 36.5 Å². The number of hydrogen-bond acceptors (Lipinski definition) is 4. The van der Waals surface area contributed by atoms with E-state index in [0.717, 1.165) is 0 Å². The largest absolute Gasteiger partial charge is 0.354 e. The molecule has 3 atom stereocenters. The monoisotopic (exact) mass is 432 g/mol. The first-order valence-corrected chi connectivity index (χ1v) is 10.7. The van der Waals surface area contributed by atoms with Gasteiger partial charge in [0.2, 0.25) is 23.6 Å². The number of rotatable bonds is 5. The van der Waals surface area contributed by atoms with E-state index in [0.29, 0.717) is 19.4 Å². The Bertz CT molecular complexity index is 742. The molecule has 0 spiro atoms. The fourth-order valence-electron chi connectivity index (χ4n) is 3.38. The van der Waals surface area contributed by atoms with Crippen molar-refractivity contribution in [3.63, 3.8) is 0 Å². The highest BCUT2D eigenvalue weighted by Crippen LogP contribution is 2.17. The van der Waals surface area contributed by atoms with Gasteiger partial charge in [-0.25, -0.2) is 0 Å². The zero-order valence-corrected chi connectivity index (χ0v) is 19.4. The van der Waals surface area contributed by atoms with Crippen LogP contribution in [0.2, 0.25) is 0 Å². The Hall–Kier alpha value is -2.90. The Labute approximate surface area is 185 Å². The molecule has 0 aromatic rings. The van der Waals surface area contributed by atoms with Crippen molar-refractivity contribution in [1.82, 2.24) is 20.4 Å². The van der Waals surface area contributed by atoms with Crippen LogP contribution in [0, 0.1) is 5.92 Å². The van der Waals surface area contributed by atoms with Crippen molar-refractivity contribution in [3.8, 4) is 0 Å². The molecule has 8 nitrogen and oxygen atoms in total. The highest BCUT2D eigenvalue weighted by molar-refractivity contribution is 5.96. The molecule has 0 aliphatic carbocycles. The molecular formula is C23H36N4O4. The second kappa shape index (κ2) is 12.7. The van der Waals surface area contributed by atoms with Gasteiger partial charge in [0, 0.05) is 26.7 Å². The Balaban J connectivity index is 3.11. The van der Waals surface area contributed by atoms with Crippen LogP contribution in [0.25, 0.3) is 0 Å². The Morgan fingerprint density at radius 3 is 2.32 bits per heavy atom. The van der Waals surface area contributed by atoms with Crippen molar-refractivity contribution >= 4 is 23.6 Å². The summed E-state index contributed by atoms with van der Waals surface area (Å²) in [5.74, 6) is -1.45. The van der Waals surface area contributed by atoms with Gasteiger partial charge in [-0.1, -0.05) is 44.2 Å². The first kappa shape index (κ1) is 26.1. The Morgan fingerprint density at radius 2 is 1.71 bits per heavy atom. The normalized spacial score (nSPS) is 24.7. The summed E-state index contributed by atoms with van der Waals surface area (Å²) in [6, 6.07) is -2.19. The van der Waals surface area contributed by atoms with E-state index >= 15 is 0 Å². The predicted octanol–water partition coefficient (Wildman–Crippen LogP) is 1.40. The number of hydrogen-bond donors (Lipinski definition) is 2. The minimum absolute atomic E-state index is 0.171. The number of nitrogens with zero attached hydrogens (tertiary/aromatic N) is 2. The van der Waals surface area contributed by atoms with Gasteiger partial charge in [0.1, 0.15) is 18.1 Å². The number of nitrogens with one attached hydrogen (secondary N) is 2. The van der Waals surface area contributed by atoms with Gasteiger partial charge < -0.3 is 20.4 Å². The third kappa shape index (κ3) is 7.70. The zero-order valence-electron chi connectivity index (χ0n) is 19.4. The second-order valence-corrected chi connectivity index (χ2v) is 8.03. The molecule has 0 aromatic heterocycles. The van der Waals surface area contributed by atoms with E-state index in [1.807, 2.05) is 32.9 Å². The topological polar surface area (TPSA) is 98.8 Å². The van der Waals surface area contributed by atoms with Crippen molar-refractivity contribution in [1.29, 1.82) is 0 Å². The van der Waals surface area contributed by atoms with Gasteiger partial charge in [-0.3, -0.25) is 19.2 Å². The average Bonchev–Trinajstić information content (AvgIpc) is 2.72. The predicted molar refractivity (Wildman–Crippen MR) is 121 cm³/mol. The maximum atomic E-state index is 13.2. The van der Waals surface area contributed by atoms with Crippen molar-refractivity contribution in [2.75, 3.05) is 20.6 Å². The molecule has 2 N–H and O–H groups in total. The van der Waals surface area contributed by atoms with Crippen molar-refractivity contribution in [2.24, 2.45) is 5.92 Å². The molecule has 172 valence electrons. The maximum Gasteiger partial charge on any atom is 0.246 e. The van der Waals surface area contributed by atoms with Crippen molar-refractivity contribution in [3.05, 3.63) is 36.5 Å². The van der Waals surface area contributed by atoms with Crippen molar-refractivity contribution < 1.29 is 19.2 Å². The summed E-state index contributed by atoms with van der Waals surface area (Å²) in [7, 11) is 3.14. The Kier molecular flexibility index (Phi) is 10.7. The summed E-state index contributed by atoms with van der Waals surface area (Å²) in [5, 5.41) is 5.54. The summed E-state index contributed by atoms with van der Waals surface area (Å²) < 4.78 is 0. The lowest BCUT2D eigenvalue weighted by molar-refractivity contribution is -0.150. The first-order valence-electron chi connectivity index (χ1n) is 10.7. The highest BCUT2D eigenvalue weighted by atomic mass is 16.2. The smallest absolute Gasteiger partial charge is 0.246 e. The molecular weight excluding hydrogens is 396 g/mol. The van der Waals surface area contributed by atoms with Crippen LogP contribution in [0.4, 0.5) is 0 Å². The van der Waals surface area contributed by atoms with E-state index in [1.54, 1.807) is 39.2 Å². The molecule has 31 heavy (non-hydrogen) atoms. The highest BCUT2D eigenvalue weighted by Gasteiger charge is 2.37. The standard InChI is InChI=1S/C23H36N4O4/c1-7-8-9-10-11-14-19(28)25-18-13-12-15-24-21(29)17(4)26(5)23(31)20(16(2)3)27(6)22(18)30/h7-11,14,16-18,20H,12-13,15H2,1-6H3,(H,24,29)(H,25,28)/t17-,18-,20+/m1/s1. The van der Waals surface area contributed by atoms with Gasteiger partial charge in [0.05, 0.1) is 0 Å². The molecule has 1 aliphatic heterocycles. The van der Waals surface area contributed by atoms with E-state index in [-0.39, 0.29) is 23.6 Å². The van der Waals surface area contributed by atoms with E-state index in [4.69, 9.17) is 0 Å². The lowest BCUT2D eigenvalue weighted by atomic mass is 9.98. The molecule has 1 aliphatic rings. The average molecular weight is 433 g/mol. The first-order chi connectivity index (χ1) is 14.6. The number of carbonyl (C=O) groups excluding carboxylic acids is 4. The molecule has 0 unspecified atom stereocenters. The molecule has 1 saturated heterocycles. The van der Waals surface area contributed by atoms with Gasteiger partial charge in [-0.2, -0.15) is 0 Å². The molecule has 1 fully saturated rings. The van der Waals surface area contributed by atoms with E-state index in [2.05, 4.69) is 10.6 Å². The summed E-state index contributed by atoms with van der Waals surface area (Å²) in [6.07, 6.45) is 11.0. The van der Waals surface area contributed by atoms with Gasteiger partial charge in [-0.15, -0.1) is 0 Å². The van der Waals surface area contributed by atoms with Gasteiger partial charge in [0.25, 0.3) is 0 Å². The molecule has 8 heteroatoms. The number of carbonyl (C=O) groups is 4. The van der Waals surface area contributed by atoms with Crippen LogP contribution < -0.4 is 10.6 Å². The Morgan fingerprint density at radius 1 is 1.06 bits per heavy atom.